The number of carbonyl (C=O) groups excluding carboxylic acids is 1. The topological polar surface area (TPSA) is 68.8 Å². The van der Waals surface area contributed by atoms with E-state index < -0.39 is 0 Å². The number of ether oxygens (including phenoxy) is 3. The van der Waals surface area contributed by atoms with Crippen LogP contribution in [0.4, 0.5) is 11.4 Å². The van der Waals surface area contributed by atoms with Gasteiger partial charge in [0.05, 0.1) is 37.7 Å². The van der Waals surface area contributed by atoms with Gasteiger partial charge in [0.2, 0.25) is 0 Å². The van der Waals surface area contributed by atoms with Crippen LogP contribution < -0.4 is 24.8 Å². The number of carbonyl (C=O) groups is 1. The highest BCUT2D eigenvalue weighted by Gasteiger charge is 2.36. The molecule has 0 saturated carbocycles. The number of rotatable bonds is 8. The summed E-state index contributed by atoms with van der Waals surface area (Å²) in [5, 5.41) is 7.25. The number of methoxy groups -OCH3 is 1. The fraction of sp³-hybridized carbons (Fsp3) is 0.344. The normalized spacial score (nSPS) is 18.6. The zero-order chi connectivity index (χ0) is 26.6. The fourth-order valence-corrected chi connectivity index (χ4v) is 5.22. The first-order valence-electron chi connectivity index (χ1n) is 13.4. The van der Waals surface area contributed by atoms with E-state index in [0.717, 1.165) is 45.9 Å². The highest BCUT2D eigenvalue weighted by atomic mass is 16.5. The molecule has 1 heterocycles. The van der Waals surface area contributed by atoms with Gasteiger partial charge in [-0.1, -0.05) is 44.2 Å². The molecule has 3 aromatic rings. The van der Waals surface area contributed by atoms with Gasteiger partial charge in [-0.05, 0) is 72.7 Å². The zero-order valence-corrected chi connectivity index (χ0v) is 22.5. The first-order chi connectivity index (χ1) is 18.5. The van der Waals surface area contributed by atoms with Crippen molar-refractivity contribution in [3.8, 4) is 17.2 Å². The molecule has 2 unspecified atom stereocenters. The van der Waals surface area contributed by atoms with Crippen molar-refractivity contribution in [3.05, 3.63) is 89.1 Å². The van der Waals surface area contributed by atoms with Crippen LogP contribution in [0.5, 0.6) is 17.2 Å². The molecule has 2 N–H and O–H groups in total. The summed E-state index contributed by atoms with van der Waals surface area (Å²) in [5.41, 5.74) is 5.76. The van der Waals surface area contributed by atoms with Crippen molar-refractivity contribution in [1.82, 2.24) is 0 Å². The van der Waals surface area contributed by atoms with Gasteiger partial charge in [0.1, 0.15) is 5.75 Å². The van der Waals surface area contributed by atoms with Crippen molar-refractivity contribution < 1.29 is 19.0 Å². The van der Waals surface area contributed by atoms with Gasteiger partial charge in [-0.2, -0.15) is 0 Å². The minimum absolute atomic E-state index is 0.0914. The minimum atomic E-state index is -0.314. The average Bonchev–Trinajstić information content (AvgIpc) is 3.09. The van der Waals surface area contributed by atoms with Gasteiger partial charge in [0.25, 0.3) is 0 Å². The third-order valence-corrected chi connectivity index (χ3v) is 7.06. The van der Waals surface area contributed by atoms with Gasteiger partial charge in [-0.25, -0.2) is 0 Å². The van der Waals surface area contributed by atoms with Crippen molar-refractivity contribution in [3.63, 3.8) is 0 Å². The Morgan fingerprint density at radius 1 is 0.895 bits per heavy atom. The second-order valence-electron chi connectivity index (χ2n) is 10.3. The molecular formula is C32H36N2O4. The van der Waals surface area contributed by atoms with E-state index in [1.54, 1.807) is 7.11 Å². The number of anilines is 2. The summed E-state index contributed by atoms with van der Waals surface area (Å²) < 4.78 is 17.2. The molecule has 2 atom stereocenters. The molecule has 0 spiro atoms. The molecule has 2 aliphatic rings. The summed E-state index contributed by atoms with van der Waals surface area (Å²) in [4.78, 5) is 13.8. The quantitative estimate of drug-likeness (QED) is 0.335. The van der Waals surface area contributed by atoms with Crippen LogP contribution in [0.2, 0.25) is 0 Å². The number of hydrogen-bond donors (Lipinski definition) is 2. The van der Waals surface area contributed by atoms with Crippen LogP contribution in [0.3, 0.4) is 0 Å². The van der Waals surface area contributed by atoms with Crippen molar-refractivity contribution in [2.45, 2.75) is 45.6 Å². The molecule has 1 aliphatic heterocycles. The number of fused-ring (bicyclic) bond motifs is 1. The molecule has 38 heavy (non-hydrogen) atoms. The van der Waals surface area contributed by atoms with Gasteiger partial charge in [0, 0.05) is 17.7 Å². The van der Waals surface area contributed by atoms with Gasteiger partial charge < -0.3 is 24.8 Å². The van der Waals surface area contributed by atoms with E-state index in [9.17, 15) is 4.79 Å². The van der Waals surface area contributed by atoms with Crippen LogP contribution >= 0.6 is 0 Å². The first kappa shape index (κ1) is 25.7. The Labute approximate surface area is 225 Å². The summed E-state index contributed by atoms with van der Waals surface area (Å²) in [6.07, 6.45) is 1.20. The Hall–Kier alpha value is -3.93. The number of ketones is 1. The number of hydrogen-bond acceptors (Lipinski definition) is 6. The van der Waals surface area contributed by atoms with E-state index in [1.807, 2.05) is 61.5 Å². The maximum atomic E-state index is 13.8. The minimum Gasteiger partial charge on any atom is -0.493 e. The van der Waals surface area contributed by atoms with E-state index in [1.165, 1.54) is 0 Å². The van der Waals surface area contributed by atoms with Crippen molar-refractivity contribution >= 4 is 17.2 Å². The molecule has 0 amide bonds. The number of Topliss-reactive ketones (excluding diaryl/α,β-unsaturated/α-hetero) is 1. The molecule has 0 fully saturated rings. The Balaban J connectivity index is 1.50. The molecule has 1 aliphatic carbocycles. The number of nitrogens with one attached hydrogen (secondary N) is 2. The number of allylic oxidation sites excluding steroid dienone is 1. The van der Waals surface area contributed by atoms with Crippen LogP contribution in [0, 0.1) is 5.92 Å². The van der Waals surface area contributed by atoms with E-state index in [0.29, 0.717) is 37.1 Å². The molecule has 0 bridgehead atoms. The van der Waals surface area contributed by atoms with E-state index in [-0.39, 0.29) is 17.7 Å². The maximum Gasteiger partial charge on any atom is 0.163 e. The van der Waals surface area contributed by atoms with Crippen LogP contribution in [-0.2, 0) is 4.79 Å². The molecule has 0 radical (unpaired) electrons. The zero-order valence-electron chi connectivity index (χ0n) is 22.5. The van der Waals surface area contributed by atoms with Crippen LogP contribution in [0.1, 0.15) is 56.7 Å². The molecule has 0 saturated heterocycles. The van der Waals surface area contributed by atoms with Crippen LogP contribution in [0.25, 0.3) is 0 Å². The Kier molecular flexibility index (Phi) is 7.59. The SMILES string of the molecule is CCOc1ccc(C2Nc3ccccc3NC3=C2C(=O)CC(c2ccc(OCC(C)C)cc2)C3)cc1OC. The van der Waals surface area contributed by atoms with Gasteiger partial charge >= 0.3 is 0 Å². The summed E-state index contributed by atoms with van der Waals surface area (Å²) in [6, 6.07) is 21.9. The van der Waals surface area contributed by atoms with Crippen molar-refractivity contribution in [2.75, 3.05) is 31.0 Å². The molecule has 6 nitrogen and oxygen atoms in total. The summed E-state index contributed by atoms with van der Waals surface area (Å²) in [7, 11) is 1.64. The molecule has 5 rings (SSSR count). The lowest BCUT2D eigenvalue weighted by atomic mass is 9.78. The molecule has 3 aromatic carbocycles. The highest BCUT2D eigenvalue weighted by Crippen LogP contribution is 2.45. The van der Waals surface area contributed by atoms with Gasteiger partial charge in [-0.3, -0.25) is 4.79 Å². The van der Waals surface area contributed by atoms with Crippen molar-refractivity contribution in [2.24, 2.45) is 5.92 Å². The van der Waals surface area contributed by atoms with E-state index in [4.69, 9.17) is 14.2 Å². The Bertz CT molecular complexity index is 1330. The summed E-state index contributed by atoms with van der Waals surface area (Å²) in [5.74, 6) is 2.91. The third-order valence-electron chi connectivity index (χ3n) is 7.06. The molecule has 0 aromatic heterocycles. The molecule has 198 valence electrons. The monoisotopic (exact) mass is 512 g/mol. The third kappa shape index (κ3) is 5.35. The lowest BCUT2D eigenvalue weighted by Crippen LogP contribution is -2.27. The van der Waals surface area contributed by atoms with Crippen molar-refractivity contribution in [1.29, 1.82) is 0 Å². The Morgan fingerprint density at radius 2 is 1.63 bits per heavy atom. The highest BCUT2D eigenvalue weighted by molar-refractivity contribution is 6.01. The van der Waals surface area contributed by atoms with E-state index >= 15 is 0 Å². The predicted molar refractivity (Wildman–Crippen MR) is 151 cm³/mol. The van der Waals surface area contributed by atoms with E-state index in [2.05, 4.69) is 36.6 Å². The summed E-state index contributed by atoms with van der Waals surface area (Å²) in [6.45, 7) is 7.46. The average molecular weight is 513 g/mol. The lowest BCUT2D eigenvalue weighted by molar-refractivity contribution is -0.116. The fourth-order valence-electron chi connectivity index (χ4n) is 5.22. The number of benzene rings is 3. The maximum absolute atomic E-state index is 13.8. The second-order valence-corrected chi connectivity index (χ2v) is 10.3. The smallest absolute Gasteiger partial charge is 0.163 e. The summed E-state index contributed by atoms with van der Waals surface area (Å²) >= 11 is 0. The number of para-hydroxylation sites is 2. The lowest BCUT2D eigenvalue weighted by Gasteiger charge is -2.30. The Morgan fingerprint density at radius 3 is 2.34 bits per heavy atom. The second kappa shape index (κ2) is 11.2. The predicted octanol–water partition coefficient (Wildman–Crippen LogP) is 7.11. The van der Waals surface area contributed by atoms with Crippen LogP contribution in [0.15, 0.2) is 78.0 Å². The van der Waals surface area contributed by atoms with Gasteiger partial charge in [-0.15, -0.1) is 0 Å². The van der Waals surface area contributed by atoms with Gasteiger partial charge in [0.15, 0.2) is 17.3 Å². The van der Waals surface area contributed by atoms with Crippen LogP contribution in [-0.4, -0.2) is 26.1 Å². The molecule has 6 heteroatoms. The standard InChI is InChI=1S/C32H36N2O4/c1-5-37-29-15-12-22(18-30(29)36-4)32-31-27(33-25-8-6-7-9-26(25)34-32)16-23(17-28(31)35)21-10-13-24(14-11-21)38-19-20(2)3/h6-15,18,20,23,32-34H,5,16-17,19H2,1-4H3. The first-order valence-corrected chi connectivity index (χ1v) is 13.4. The molecular weight excluding hydrogens is 476 g/mol. The largest absolute Gasteiger partial charge is 0.493 e.